The summed E-state index contributed by atoms with van der Waals surface area (Å²) in [6.07, 6.45) is 0. The normalized spacial score (nSPS) is 13.5. The summed E-state index contributed by atoms with van der Waals surface area (Å²) in [5.74, 6) is 4.21. The minimum atomic E-state index is -1.46. The summed E-state index contributed by atoms with van der Waals surface area (Å²) in [5.41, 5.74) is 19.3. The molecule has 4 nitrogen and oxygen atoms in total. The van der Waals surface area contributed by atoms with Crippen molar-refractivity contribution in [2.45, 2.75) is 18.0 Å². The molecule has 0 bridgehead atoms. The maximum absolute atomic E-state index is 5.73. The molecule has 7 heteroatoms. The van der Waals surface area contributed by atoms with Gasteiger partial charge in [0.15, 0.2) is 0 Å². The van der Waals surface area contributed by atoms with E-state index in [1.165, 1.54) is 26.8 Å². The van der Waals surface area contributed by atoms with Crippen molar-refractivity contribution in [1.29, 1.82) is 0 Å². The molecule has 11 rings (SSSR count). The number of rotatable bonds is 11. The van der Waals surface area contributed by atoms with E-state index in [9.17, 15) is 0 Å². The Morgan fingerprint density at radius 3 is 0.788 bits per heavy atom. The van der Waals surface area contributed by atoms with Crippen LogP contribution in [0.4, 0.5) is 0 Å². The Balaban J connectivity index is 0.000000629. The van der Waals surface area contributed by atoms with E-state index in [2.05, 4.69) is 249 Å². The van der Waals surface area contributed by atoms with E-state index in [-0.39, 0.29) is 21.1 Å². The second kappa shape index (κ2) is 20.3. The van der Waals surface area contributed by atoms with Crippen LogP contribution in [0.2, 0.25) is 0 Å². The van der Waals surface area contributed by atoms with Crippen LogP contribution in [0, 0.1) is 6.92 Å². The number of hydrogen-bond donors (Lipinski definition) is 0. The van der Waals surface area contributed by atoms with E-state index >= 15 is 0 Å². The largest absolute Gasteiger partial charge is 2.00 e. The first kappa shape index (κ1) is 44.7. The summed E-state index contributed by atoms with van der Waals surface area (Å²) < 4.78 is 0. The monoisotopic (exact) mass is 1070 g/mol. The smallest absolute Gasteiger partial charge is 0.587 e. The fraction of sp³-hybridized carbons (Fsp3) is 0.0508. The van der Waals surface area contributed by atoms with Crippen LogP contribution in [0.15, 0.2) is 259 Å². The van der Waals surface area contributed by atoms with E-state index in [4.69, 9.17) is 21.1 Å². The van der Waals surface area contributed by atoms with E-state index in [0.717, 1.165) is 44.5 Å². The minimum absolute atomic E-state index is 0. The molecule has 66 heavy (non-hydrogen) atoms. The molecule has 0 unspecified atom stereocenters. The predicted molar refractivity (Wildman–Crippen MR) is 281 cm³/mol. The zero-order valence-electron chi connectivity index (χ0n) is 36.4. The van der Waals surface area contributed by atoms with Crippen LogP contribution in [0.1, 0.15) is 27.8 Å². The van der Waals surface area contributed by atoms with Gasteiger partial charge in [0.1, 0.15) is 49.0 Å². The van der Waals surface area contributed by atoms with Crippen molar-refractivity contribution < 1.29 is 21.1 Å². The Kier molecular flexibility index (Phi) is 13.8. The first-order valence-corrected chi connectivity index (χ1v) is 25.2. The second-order valence-electron chi connectivity index (χ2n) is 16.2. The van der Waals surface area contributed by atoms with E-state index < -0.39 is 26.9 Å². The van der Waals surface area contributed by atoms with Gasteiger partial charge < -0.3 is 21.1 Å². The Morgan fingerprint density at radius 1 is 0.318 bits per heavy atom. The van der Waals surface area contributed by atoms with Crippen LogP contribution < -0.4 is 21.2 Å². The van der Waals surface area contributed by atoms with Gasteiger partial charge in [-0.2, -0.15) is 0 Å². The average molecular weight is 1070 g/mol. The molecule has 0 saturated heterocycles. The van der Waals surface area contributed by atoms with Crippen LogP contribution in [0.25, 0.3) is 33.1 Å². The number of benzene rings is 9. The molecule has 0 heterocycles. The molecule has 0 saturated carbocycles. The molecule has 0 fully saturated rings. The third kappa shape index (κ3) is 8.31. The number of nitrogens with zero attached hydrogens (tertiary/aromatic N) is 4. The summed E-state index contributed by atoms with van der Waals surface area (Å²) in [4.78, 5) is 0. The topological polar surface area (TPSA) is 52.9 Å². The molecule has 0 atom stereocenters. The van der Waals surface area contributed by atoms with Crippen LogP contribution in [0.3, 0.4) is 0 Å². The SMILES string of the molecule is C(=N/[N-]C1(C2([N-]/N=C\[PH+](c3ccccc3)c3ccccc3)c3ccccc3-c3ccccc32)c2ccccc2-c2ccccc21)/[PH+](c1ccccc1)c1ccccc1.Cc1ccccc1.[Pt+2]. The van der Waals surface area contributed by atoms with Crippen LogP contribution in [-0.2, 0) is 32.1 Å². The van der Waals surface area contributed by atoms with Crippen molar-refractivity contribution in [3.63, 3.8) is 0 Å². The van der Waals surface area contributed by atoms with Gasteiger partial charge in [0, 0.05) is 0 Å². The van der Waals surface area contributed by atoms with E-state index in [0.29, 0.717) is 0 Å². The molecule has 0 spiro atoms. The van der Waals surface area contributed by atoms with Gasteiger partial charge in [-0.05, 0) is 111 Å². The van der Waals surface area contributed by atoms with Crippen LogP contribution in [-0.4, -0.2) is 11.9 Å². The predicted octanol–water partition coefficient (Wildman–Crippen LogP) is 13.2. The molecule has 0 N–H and O–H groups in total. The van der Waals surface area contributed by atoms with Gasteiger partial charge in [0.2, 0.25) is 0 Å². The van der Waals surface area contributed by atoms with Crippen molar-refractivity contribution in [3.8, 4) is 22.3 Å². The van der Waals surface area contributed by atoms with Crippen molar-refractivity contribution in [2.75, 3.05) is 0 Å². The van der Waals surface area contributed by atoms with Gasteiger partial charge in [-0.25, -0.2) is 0 Å². The second-order valence-corrected chi connectivity index (χ2v) is 20.7. The van der Waals surface area contributed by atoms with Gasteiger partial charge in [-0.3, -0.25) is 0 Å². The molecule has 0 aliphatic heterocycles. The van der Waals surface area contributed by atoms with E-state index in [1.807, 2.05) is 18.2 Å². The Morgan fingerprint density at radius 2 is 0.545 bits per heavy atom. The number of fused-ring (bicyclic) bond motifs is 6. The quantitative estimate of drug-likeness (QED) is 0.0704. The standard InChI is InChI=1S/C52H38N4P2.C7H8.Pt/c1-5-21-39(22-6-1)57(40-23-7-2-8-24-40)37-53-55-51(47-33-17-13-29-43(47)44-30-14-18-34-48(44)51)52(49-35-19-15-31-45(49)46-32-16-20-36-50(46)52)56-54-38-58(41-25-9-3-10-26-41)42-27-11-4-12-28-42;1-7-5-3-2-4-6-7;/h1-38H;2-6H,1H3;/q-2;;+2/p+2/b53-37-,54-38-;;. The maximum atomic E-state index is 5.73. The summed E-state index contributed by atoms with van der Waals surface area (Å²) in [7, 11) is -2.93. The molecular weight excluding hydrogens is 1020 g/mol. The zero-order chi connectivity index (χ0) is 43.9. The van der Waals surface area contributed by atoms with Gasteiger partial charge in [-0.15, -0.1) is 0 Å². The third-order valence-corrected chi connectivity index (χ3v) is 17.0. The molecule has 2 aliphatic rings. The van der Waals surface area contributed by atoms with Crippen molar-refractivity contribution in [2.24, 2.45) is 10.2 Å². The maximum Gasteiger partial charge on any atom is 2.00 e. The third-order valence-electron chi connectivity index (χ3n) is 12.4. The zero-order valence-corrected chi connectivity index (χ0v) is 40.7. The molecule has 2 aliphatic carbocycles. The van der Waals surface area contributed by atoms with E-state index in [1.54, 1.807) is 0 Å². The number of hydrogen-bond acceptors (Lipinski definition) is 2. The van der Waals surface area contributed by atoms with Crippen molar-refractivity contribution >= 4 is 49.0 Å². The first-order valence-electron chi connectivity index (χ1n) is 22.1. The Bertz CT molecular complexity index is 2710. The summed E-state index contributed by atoms with van der Waals surface area (Å²) in [6.45, 7) is 2.08. The molecule has 9 aromatic rings. The number of aryl methyl sites for hydroxylation is 1. The van der Waals surface area contributed by atoms with Crippen LogP contribution >= 0.6 is 15.8 Å². The Labute approximate surface area is 405 Å². The molecule has 0 aromatic heterocycles. The molecular formula is C59H48N4P2Pt+2. The minimum Gasteiger partial charge on any atom is -0.587 e. The van der Waals surface area contributed by atoms with Crippen LogP contribution in [0.5, 0.6) is 0 Å². The molecule has 0 radical (unpaired) electrons. The summed E-state index contributed by atoms with van der Waals surface area (Å²) in [5, 5.41) is 15.6. The molecule has 322 valence electrons. The summed E-state index contributed by atoms with van der Waals surface area (Å²) >= 11 is 0. The molecule has 9 aromatic carbocycles. The fourth-order valence-corrected chi connectivity index (χ4v) is 13.4. The van der Waals surface area contributed by atoms with Gasteiger partial charge >= 0.3 is 21.1 Å². The molecule has 0 amide bonds. The van der Waals surface area contributed by atoms with Gasteiger partial charge in [0.25, 0.3) is 0 Å². The van der Waals surface area contributed by atoms with Crippen molar-refractivity contribution in [3.05, 3.63) is 287 Å². The Hall–Kier alpha value is -6.53. The first-order chi connectivity index (χ1) is 32.2. The average Bonchev–Trinajstić information content (AvgIpc) is 3.84. The van der Waals surface area contributed by atoms with Gasteiger partial charge in [-0.1, -0.05) is 206 Å². The fourth-order valence-electron chi connectivity index (χ4n) is 9.55. The van der Waals surface area contributed by atoms with Crippen molar-refractivity contribution in [1.82, 2.24) is 0 Å². The van der Waals surface area contributed by atoms with Gasteiger partial charge in [0.05, 0.1) is 0 Å². The summed E-state index contributed by atoms with van der Waals surface area (Å²) in [6, 6.07) is 87.8.